The summed E-state index contributed by atoms with van der Waals surface area (Å²) < 4.78 is 0. The summed E-state index contributed by atoms with van der Waals surface area (Å²) in [4.78, 5) is 0. The minimum atomic E-state index is 0.261. The van der Waals surface area contributed by atoms with Crippen LogP contribution in [0.25, 0.3) is 0 Å². The maximum Gasteiger partial charge on any atom is 0.0502 e. The van der Waals surface area contributed by atoms with Crippen molar-refractivity contribution in [3.63, 3.8) is 0 Å². The molecule has 90 valence electrons. The van der Waals surface area contributed by atoms with E-state index in [-0.39, 0.29) is 6.61 Å². The molecule has 0 aliphatic heterocycles. The number of hydrogen-bond donors (Lipinski definition) is 1. The molecule has 16 heavy (non-hydrogen) atoms. The van der Waals surface area contributed by atoms with Gasteiger partial charge in [-0.2, -0.15) is 0 Å². The highest BCUT2D eigenvalue weighted by Crippen LogP contribution is 2.31. The summed E-state index contributed by atoms with van der Waals surface area (Å²) in [6.45, 7) is 8.94. The van der Waals surface area contributed by atoms with Crippen LogP contribution in [0.15, 0.2) is 18.2 Å². The average molecular weight is 220 g/mol. The van der Waals surface area contributed by atoms with Gasteiger partial charge in [-0.05, 0) is 30.9 Å². The van der Waals surface area contributed by atoms with Crippen molar-refractivity contribution in [2.45, 2.75) is 46.5 Å². The van der Waals surface area contributed by atoms with Crippen molar-refractivity contribution in [3.8, 4) is 0 Å². The fraction of sp³-hybridized carbons (Fsp3) is 0.600. The van der Waals surface area contributed by atoms with Crippen LogP contribution >= 0.6 is 0 Å². The lowest BCUT2D eigenvalue weighted by atomic mass is 9.81. The highest BCUT2D eigenvalue weighted by molar-refractivity contribution is 5.33. The third-order valence-electron chi connectivity index (χ3n) is 3.65. The van der Waals surface area contributed by atoms with Gasteiger partial charge in [-0.15, -0.1) is 0 Å². The van der Waals surface area contributed by atoms with Gasteiger partial charge < -0.3 is 5.11 Å². The van der Waals surface area contributed by atoms with Crippen molar-refractivity contribution < 1.29 is 5.11 Å². The molecule has 0 aliphatic rings. The Morgan fingerprint density at radius 3 is 2.25 bits per heavy atom. The van der Waals surface area contributed by atoms with Crippen LogP contribution in [-0.2, 0) is 0 Å². The molecule has 0 spiro atoms. The molecule has 1 atom stereocenters. The fourth-order valence-corrected chi connectivity index (χ4v) is 2.52. The van der Waals surface area contributed by atoms with Crippen molar-refractivity contribution in [3.05, 3.63) is 34.9 Å². The Kier molecular flexibility index (Phi) is 5.01. The van der Waals surface area contributed by atoms with E-state index in [0.717, 1.165) is 12.8 Å². The normalized spacial score (nSPS) is 13.1. The zero-order valence-electron chi connectivity index (χ0n) is 11.0. The Morgan fingerprint density at radius 1 is 1.12 bits per heavy atom. The second-order valence-electron chi connectivity index (χ2n) is 4.73. The van der Waals surface area contributed by atoms with Crippen LogP contribution in [0.5, 0.6) is 0 Å². The van der Waals surface area contributed by atoms with Crippen molar-refractivity contribution in [2.24, 2.45) is 5.92 Å². The molecule has 0 radical (unpaired) electrons. The first kappa shape index (κ1) is 13.2. The van der Waals surface area contributed by atoms with Gasteiger partial charge in [0.05, 0.1) is 6.61 Å². The van der Waals surface area contributed by atoms with Crippen molar-refractivity contribution in [1.29, 1.82) is 0 Å². The first-order valence-electron chi connectivity index (χ1n) is 6.32. The van der Waals surface area contributed by atoms with E-state index in [4.69, 9.17) is 0 Å². The largest absolute Gasteiger partial charge is 0.396 e. The van der Waals surface area contributed by atoms with Crippen LogP contribution in [0, 0.1) is 19.8 Å². The molecule has 0 amide bonds. The third kappa shape index (κ3) is 2.85. The van der Waals surface area contributed by atoms with E-state index < -0.39 is 0 Å². The van der Waals surface area contributed by atoms with Crippen molar-refractivity contribution in [1.82, 2.24) is 0 Å². The monoisotopic (exact) mass is 220 g/mol. The minimum Gasteiger partial charge on any atom is -0.396 e. The number of aliphatic hydroxyl groups is 1. The van der Waals surface area contributed by atoms with Crippen LogP contribution in [-0.4, -0.2) is 11.7 Å². The lowest BCUT2D eigenvalue weighted by molar-refractivity contribution is 0.218. The number of rotatable bonds is 5. The van der Waals surface area contributed by atoms with Crippen molar-refractivity contribution >= 4 is 0 Å². The van der Waals surface area contributed by atoms with E-state index in [0.29, 0.717) is 11.8 Å². The van der Waals surface area contributed by atoms with Gasteiger partial charge in [-0.1, -0.05) is 50.5 Å². The topological polar surface area (TPSA) is 20.2 Å². The molecular formula is C15H24O. The average Bonchev–Trinajstić information content (AvgIpc) is 2.29. The second kappa shape index (κ2) is 6.05. The Hall–Kier alpha value is -0.820. The number of aliphatic hydroxyl groups excluding tert-OH is 1. The first-order chi connectivity index (χ1) is 7.63. The molecule has 0 heterocycles. The highest BCUT2D eigenvalue weighted by Gasteiger charge is 2.21. The Bertz CT molecular complexity index is 326. The standard InChI is InChI=1S/C15H24O/c1-5-13(6-2)15(10-16)14-9-11(3)7-8-12(14)4/h7-9,13,15-16H,5-6,10H2,1-4H3. The highest BCUT2D eigenvalue weighted by atomic mass is 16.3. The summed E-state index contributed by atoms with van der Waals surface area (Å²) in [6.07, 6.45) is 2.27. The molecule has 0 bridgehead atoms. The van der Waals surface area contributed by atoms with Crippen LogP contribution in [0.2, 0.25) is 0 Å². The number of hydrogen-bond acceptors (Lipinski definition) is 1. The molecule has 1 N–H and O–H groups in total. The molecule has 0 saturated heterocycles. The molecule has 1 rings (SSSR count). The molecular weight excluding hydrogens is 196 g/mol. The molecule has 1 nitrogen and oxygen atoms in total. The summed E-state index contributed by atoms with van der Waals surface area (Å²) in [7, 11) is 0. The quantitative estimate of drug-likeness (QED) is 0.800. The summed E-state index contributed by atoms with van der Waals surface area (Å²) in [5.41, 5.74) is 3.91. The van der Waals surface area contributed by atoms with E-state index in [1.807, 2.05) is 0 Å². The van der Waals surface area contributed by atoms with Crippen molar-refractivity contribution in [2.75, 3.05) is 6.61 Å². The van der Waals surface area contributed by atoms with Gasteiger partial charge in [0.1, 0.15) is 0 Å². The van der Waals surface area contributed by atoms with Gasteiger partial charge >= 0.3 is 0 Å². The smallest absolute Gasteiger partial charge is 0.0502 e. The van der Waals surface area contributed by atoms with E-state index in [9.17, 15) is 5.11 Å². The van der Waals surface area contributed by atoms with Gasteiger partial charge in [0.25, 0.3) is 0 Å². The summed E-state index contributed by atoms with van der Waals surface area (Å²) in [5, 5.41) is 9.63. The van der Waals surface area contributed by atoms with Crippen LogP contribution < -0.4 is 0 Å². The lowest BCUT2D eigenvalue weighted by Gasteiger charge is -2.25. The minimum absolute atomic E-state index is 0.261. The van der Waals surface area contributed by atoms with Gasteiger partial charge in [0, 0.05) is 5.92 Å². The summed E-state index contributed by atoms with van der Waals surface area (Å²) >= 11 is 0. The van der Waals surface area contributed by atoms with Crippen LogP contribution in [0.3, 0.4) is 0 Å². The number of benzene rings is 1. The van der Waals surface area contributed by atoms with Gasteiger partial charge in [0.2, 0.25) is 0 Å². The molecule has 1 heteroatoms. The third-order valence-corrected chi connectivity index (χ3v) is 3.65. The van der Waals surface area contributed by atoms with E-state index >= 15 is 0 Å². The fourth-order valence-electron chi connectivity index (χ4n) is 2.52. The first-order valence-corrected chi connectivity index (χ1v) is 6.32. The Morgan fingerprint density at radius 2 is 1.75 bits per heavy atom. The number of aryl methyl sites for hydroxylation is 2. The van der Waals surface area contributed by atoms with Gasteiger partial charge in [-0.3, -0.25) is 0 Å². The SMILES string of the molecule is CCC(CC)C(CO)c1cc(C)ccc1C. The van der Waals surface area contributed by atoms with Crippen LogP contribution in [0.4, 0.5) is 0 Å². The second-order valence-corrected chi connectivity index (χ2v) is 4.73. The predicted molar refractivity (Wildman–Crippen MR) is 69.8 cm³/mol. The maximum absolute atomic E-state index is 9.63. The molecule has 1 unspecified atom stereocenters. The molecule has 0 aliphatic carbocycles. The van der Waals surface area contributed by atoms with Gasteiger partial charge in [-0.25, -0.2) is 0 Å². The molecule has 0 aromatic heterocycles. The van der Waals surface area contributed by atoms with Crippen LogP contribution in [0.1, 0.15) is 49.3 Å². The molecule has 0 fully saturated rings. The Balaban J connectivity index is 3.06. The lowest BCUT2D eigenvalue weighted by Crippen LogP contribution is -2.16. The van der Waals surface area contributed by atoms with E-state index in [1.54, 1.807) is 0 Å². The zero-order chi connectivity index (χ0) is 12.1. The van der Waals surface area contributed by atoms with Gasteiger partial charge in [0.15, 0.2) is 0 Å². The van der Waals surface area contributed by atoms with E-state index in [2.05, 4.69) is 45.9 Å². The molecule has 1 aromatic rings. The molecule has 0 saturated carbocycles. The molecule has 1 aromatic carbocycles. The predicted octanol–water partition coefficient (Wildman–Crippen LogP) is 3.82. The van der Waals surface area contributed by atoms with E-state index in [1.165, 1.54) is 16.7 Å². The summed E-state index contributed by atoms with van der Waals surface area (Å²) in [6, 6.07) is 6.53. The summed E-state index contributed by atoms with van der Waals surface area (Å²) in [5.74, 6) is 0.889. The maximum atomic E-state index is 9.63. The zero-order valence-corrected chi connectivity index (χ0v) is 11.0. The Labute approximate surface area is 99.5 Å².